The Balaban J connectivity index is 1.95. The van der Waals surface area contributed by atoms with Gasteiger partial charge in [0.1, 0.15) is 0 Å². The maximum Gasteiger partial charge on any atom is 0.269 e. The van der Waals surface area contributed by atoms with E-state index in [-0.39, 0.29) is 18.0 Å². The molecule has 0 radical (unpaired) electrons. The Kier molecular flexibility index (Phi) is 6.34. The number of hydrogen-bond donors (Lipinski definition) is 1. The van der Waals surface area contributed by atoms with Gasteiger partial charge in [0.15, 0.2) is 0 Å². The van der Waals surface area contributed by atoms with Crippen molar-refractivity contribution >= 4 is 41.2 Å². The standard InChI is InChI=1S/C16H14ClN3O3S/c1-24-15-7-4-13(17)8-12(15)9-16(21)19-18-10-11-2-5-14(6-3-11)20(22)23/h2-8,10H,9H2,1H3,(H,19,21)/b18-10-. The van der Waals surface area contributed by atoms with E-state index in [1.165, 1.54) is 30.1 Å². The van der Waals surface area contributed by atoms with Gasteiger partial charge in [-0.05, 0) is 47.7 Å². The van der Waals surface area contributed by atoms with Gasteiger partial charge in [-0.25, -0.2) is 5.43 Å². The fraction of sp³-hybridized carbons (Fsp3) is 0.125. The second-order valence-electron chi connectivity index (χ2n) is 4.77. The lowest BCUT2D eigenvalue weighted by atomic mass is 10.1. The molecule has 1 N–H and O–H groups in total. The molecule has 2 aromatic rings. The van der Waals surface area contributed by atoms with Crippen LogP contribution in [-0.2, 0) is 11.2 Å². The molecule has 0 aliphatic carbocycles. The highest BCUT2D eigenvalue weighted by molar-refractivity contribution is 7.98. The van der Waals surface area contributed by atoms with Crippen molar-refractivity contribution in [1.29, 1.82) is 0 Å². The predicted octanol–water partition coefficient (Wildman–Crippen LogP) is 3.66. The molecular formula is C16H14ClN3O3S. The molecule has 0 unspecified atom stereocenters. The summed E-state index contributed by atoms with van der Waals surface area (Å²) in [5.41, 5.74) is 3.91. The summed E-state index contributed by atoms with van der Waals surface area (Å²) in [6.07, 6.45) is 3.51. The fourth-order valence-corrected chi connectivity index (χ4v) is 2.75. The van der Waals surface area contributed by atoms with Crippen LogP contribution in [0.2, 0.25) is 5.02 Å². The highest BCUT2D eigenvalue weighted by Crippen LogP contribution is 2.24. The van der Waals surface area contributed by atoms with Crippen molar-refractivity contribution in [1.82, 2.24) is 5.43 Å². The molecule has 6 nitrogen and oxygen atoms in total. The molecule has 124 valence electrons. The van der Waals surface area contributed by atoms with Crippen LogP contribution >= 0.6 is 23.4 Å². The molecule has 0 saturated carbocycles. The van der Waals surface area contributed by atoms with Crippen LogP contribution in [0.25, 0.3) is 0 Å². The van der Waals surface area contributed by atoms with E-state index >= 15 is 0 Å². The summed E-state index contributed by atoms with van der Waals surface area (Å²) in [5, 5.41) is 15.0. The first-order valence-electron chi connectivity index (χ1n) is 6.88. The molecule has 1 amide bonds. The Bertz CT molecular complexity index is 779. The highest BCUT2D eigenvalue weighted by Gasteiger charge is 2.08. The average Bonchev–Trinajstić information content (AvgIpc) is 2.55. The van der Waals surface area contributed by atoms with Gasteiger partial charge in [-0.15, -0.1) is 11.8 Å². The number of nitro groups is 1. The number of nitro benzene ring substituents is 1. The normalized spacial score (nSPS) is 10.8. The number of nitrogens with one attached hydrogen (secondary N) is 1. The topological polar surface area (TPSA) is 84.6 Å². The molecule has 0 bridgehead atoms. The van der Waals surface area contributed by atoms with Crippen LogP contribution in [0.15, 0.2) is 52.5 Å². The van der Waals surface area contributed by atoms with Gasteiger partial charge in [-0.3, -0.25) is 14.9 Å². The van der Waals surface area contributed by atoms with E-state index in [0.717, 1.165) is 10.5 Å². The number of carbonyl (C=O) groups is 1. The molecule has 0 aliphatic rings. The number of nitrogens with zero attached hydrogens (tertiary/aromatic N) is 2. The summed E-state index contributed by atoms with van der Waals surface area (Å²) >= 11 is 7.50. The smallest absolute Gasteiger partial charge is 0.269 e. The molecule has 0 atom stereocenters. The molecule has 0 heterocycles. The number of rotatable bonds is 6. The van der Waals surface area contributed by atoms with Gasteiger partial charge < -0.3 is 0 Å². The third-order valence-electron chi connectivity index (χ3n) is 3.10. The zero-order valence-corrected chi connectivity index (χ0v) is 14.3. The summed E-state index contributed by atoms with van der Waals surface area (Å²) in [5.74, 6) is -0.272. The van der Waals surface area contributed by atoms with Crippen LogP contribution in [0.1, 0.15) is 11.1 Å². The third-order valence-corrected chi connectivity index (χ3v) is 4.17. The van der Waals surface area contributed by atoms with E-state index < -0.39 is 4.92 Å². The van der Waals surface area contributed by atoms with Gasteiger partial charge in [-0.1, -0.05) is 11.6 Å². The Labute approximate surface area is 148 Å². The van der Waals surface area contributed by atoms with Crippen LogP contribution in [-0.4, -0.2) is 23.3 Å². The minimum Gasteiger partial charge on any atom is -0.273 e. The number of carbonyl (C=O) groups excluding carboxylic acids is 1. The van der Waals surface area contributed by atoms with Crippen molar-refractivity contribution in [2.24, 2.45) is 5.10 Å². The van der Waals surface area contributed by atoms with E-state index in [4.69, 9.17) is 11.6 Å². The number of thioether (sulfide) groups is 1. The van der Waals surface area contributed by atoms with E-state index in [0.29, 0.717) is 10.6 Å². The number of benzene rings is 2. The first kappa shape index (κ1) is 18.0. The van der Waals surface area contributed by atoms with Crippen molar-refractivity contribution in [2.75, 3.05) is 6.26 Å². The van der Waals surface area contributed by atoms with Crippen LogP contribution in [0.3, 0.4) is 0 Å². The first-order valence-corrected chi connectivity index (χ1v) is 8.48. The van der Waals surface area contributed by atoms with Gasteiger partial charge in [0.05, 0.1) is 17.6 Å². The van der Waals surface area contributed by atoms with Crippen LogP contribution in [0, 0.1) is 10.1 Å². The van der Waals surface area contributed by atoms with Gasteiger partial charge in [-0.2, -0.15) is 5.10 Å². The lowest BCUT2D eigenvalue weighted by molar-refractivity contribution is -0.384. The fourth-order valence-electron chi connectivity index (χ4n) is 1.96. The molecule has 24 heavy (non-hydrogen) atoms. The minimum absolute atomic E-state index is 0.00161. The number of halogens is 1. The Morgan fingerprint density at radius 1 is 1.33 bits per heavy atom. The van der Waals surface area contributed by atoms with E-state index in [1.807, 2.05) is 12.3 Å². The SMILES string of the molecule is CSc1ccc(Cl)cc1CC(=O)N/N=C\c1ccc([N+](=O)[O-])cc1. The van der Waals surface area contributed by atoms with Gasteiger partial charge in [0.25, 0.3) is 5.69 Å². The maximum absolute atomic E-state index is 12.0. The molecule has 8 heteroatoms. The van der Waals surface area contributed by atoms with Crippen LogP contribution in [0.5, 0.6) is 0 Å². The molecule has 2 aromatic carbocycles. The molecule has 0 aliphatic heterocycles. The Morgan fingerprint density at radius 2 is 2.04 bits per heavy atom. The van der Waals surface area contributed by atoms with Gasteiger partial charge in [0.2, 0.25) is 5.91 Å². The quantitative estimate of drug-likeness (QED) is 0.367. The molecule has 2 rings (SSSR count). The predicted molar refractivity (Wildman–Crippen MR) is 95.8 cm³/mol. The number of non-ortho nitro benzene ring substituents is 1. The Morgan fingerprint density at radius 3 is 2.67 bits per heavy atom. The summed E-state index contributed by atoms with van der Waals surface area (Å²) in [6.45, 7) is 0. The summed E-state index contributed by atoms with van der Waals surface area (Å²) < 4.78 is 0. The lowest BCUT2D eigenvalue weighted by Crippen LogP contribution is -2.20. The van der Waals surface area contributed by atoms with E-state index in [2.05, 4.69) is 10.5 Å². The summed E-state index contributed by atoms with van der Waals surface area (Å²) in [6, 6.07) is 11.3. The van der Waals surface area contributed by atoms with E-state index in [1.54, 1.807) is 24.3 Å². The number of amides is 1. The second kappa shape index (κ2) is 8.47. The molecule has 0 fully saturated rings. The second-order valence-corrected chi connectivity index (χ2v) is 6.06. The van der Waals surface area contributed by atoms with Crippen molar-refractivity contribution in [3.63, 3.8) is 0 Å². The average molecular weight is 364 g/mol. The van der Waals surface area contributed by atoms with Crippen LogP contribution in [0.4, 0.5) is 5.69 Å². The van der Waals surface area contributed by atoms with Crippen LogP contribution < -0.4 is 5.43 Å². The molecule has 0 aromatic heterocycles. The summed E-state index contributed by atoms with van der Waals surface area (Å²) in [4.78, 5) is 23.0. The lowest BCUT2D eigenvalue weighted by Gasteiger charge is -2.06. The molecule has 0 saturated heterocycles. The number of hydrazone groups is 1. The minimum atomic E-state index is -0.475. The monoisotopic (exact) mass is 363 g/mol. The molecule has 0 spiro atoms. The zero-order valence-electron chi connectivity index (χ0n) is 12.7. The molecular weight excluding hydrogens is 350 g/mol. The first-order chi connectivity index (χ1) is 11.5. The van der Waals surface area contributed by atoms with Crippen molar-refractivity contribution in [2.45, 2.75) is 11.3 Å². The summed E-state index contributed by atoms with van der Waals surface area (Å²) in [7, 11) is 0. The van der Waals surface area contributed by atoms with Crippen molar-refractivity contribution in [3.8, 4) is 0 Å². The third kappa shape index (κ3) is 5.07. The Hall–Kier alpha value is -2.38. The largest absolute Gasteiger partial charge is 0.273 e. The maximum atomic E-state index is 12.0. The van der Waals surface area contributed by atoms with E-state index in [9.17, 15) is 14.9 Å². The zero-order chi connectivity index (χ0) is 17.5. The van der Waals surface area contributed by atoms with Gasteiger partial charge >= 0.3 is 0 Å². The van der Waals surface area contributed by atoms with Crippen molar-refractivity contribution in [3.05, 3.63) is 68.7 Å². The van der Waals surface area contributed by atoms with Gasteiger partial charge in [0, 0.05) is 22.1 Å². The highest BCUT2D eigenvalue weighted by atomic mass is 35.5. The van der Waals surface area contributed by atoms with Crippen molar-refractivity contribution < 1.29 is 9.72 Å². The number of hydrogen-bond acceptors (Lipinski definition) is 5.